The summed E-state index contributed by atoms with van der Waals surface area (Å²) in [5, 5.41) is 6.89. The van der Waals surface area contributed by atoms with Gasteiger partial charge in [-0.25, -0.2) is 4.79 Å². The van der Waals surface area contributed by atoms with Crippen molar-refractivity contribution in [3.8, 4) is 0 Å². The highest BCUT2D eigenvalue weighted by molar-refractivity contribution is 6.30. The second-order valence-electron chi connectivity index (χ2n) is 11.8. The van der Waals surface area contributed by atoms with Crippen LogP contribution in [-0.4, -0.2) is 16.6 Å². The number of alkyl halides is 3. The van der Waals surface area contributed by atoms with Gasteiger partial charge in [0.05, 0.1) is 16.3 Å². The van der Waals surface area contributed by atoms with Crippen molar-refractivity contribution in [2.24, 2.45) is 17.8 Å². The Balaban J connectivity index is 1.43. The van der Waals surface area contributed by atoms with E-state index in [1.54, 1.807) is 18.2 Å². The molecule has 4 fully saturated rings. The number of aromatic nitrogens is 1. The molecule has 1 heterocycles. The predicted octanol–water partition coefficient (Wildman–Crippen LogP) is 7.51. The van der Waals surface area contributed by atoms with Gasteiger partial charge in [0.1, 0.15) is 5.54 Å². The number of halogens is 4. The zero-order valence-electron chi connectivity index (χ0n) is 21.5. The normalized spacial score (nSPS) is 27.1. The number of nitrogens with one attached hydrogen (secondary N) is 2. The van der Waals surface area contributed by atoms with E-state index in [4.69, 9.17) is 11.6 Å². The molecule has 1 unspecified atom stereocenters. The Labute approximate surface area is 231 Å². The zero-order valence-corrected chi connectivity index (χ0v) is 22.2. The molecule has 2 N–H and O–H groups in total. The molecule has 0 saturated heterocycles. The summed E-state index contributed by atoms with van der Waals surface area (Å²) in [5.41, 5.74) is -0.859. The molecule has 39 heavy (non-hydrogen) atoms. The molecule has 4 aliphatic carbocycles. The quantitative estimate of drug-likeness (QED) is 0.332. The fourth-order valence-corrected chi connectivity index (χ4v) is 7.85. The largest absolute Gasteiger partial charge is 0.416 e. The van der Waals surface area contributed by atoms with Crippen molar-refractivity contribution in [2.75, 3.05) is 0 Å². The fourth-order valence-electron chi connectivity index (χ4n) is 7.74. The molecular formula is C31H31ClF3N3O. The van der Waals surface area contributed by atoms with Gasteiger partial charge in [0, 0.05) is 18.2 Å². The lowest BCUT2D eigenvalue weighted by Crippen LogP contribution is -2.63. The zero-order chi connectivity index (χ0) is 27.3. The van der Waals surface area contributed by atoms with E-state index in [1.165, 1.54) is 31.5 Å². The van der Waals surface area contributed by atoms with Crippen molar-refractivity contribution >= 4 is 17.6 Å². The summed E-state index contributed by atoms with van der Waals surface area (Å²) in [6.07, 6.45) is 3.71. The molecule has 0 spiro atoms. The van der Waals surface area contributed by atoms with Gasteiger partial charge in [0.15, 0.2) is 0 Å². The van der Waals surface area contributed by atoms with Crippen LogP contribution >= 0.6 is 11.6 Å². The molecule has 4 bridgehead atoms. The van der Waals surface area contributed by atoms with Crippen molar-refractivity contribution in [3.05, 3.63) is 100 Å². The van der Waals surface area contributed by atoms with Crippen LogP contribution in [0.1, 0.15) is 60.9 Å². The second-order valence-corrected chi connectivity index (χ2v) is 12.2. The molecule has 7 rings (SSSR count). The Morgan fingerprint density at radius 3 is 2.13 bits per heavy atom. The minimum absolute atomic E-state index is 0.206. The standard InChI is InChI=1S/C31H31ClF3N3O/c32-26-9-10-27(36-19-26)30(18-20-5-2-1-3-6-20,24-7-4-8-25(14-24)31(33,34)35)38-28(39)37-29-15-21-11-22(16-29)13-23(12-21)17-29/h1-10,14,19,21-23H,11-13,15-18H2,(H2,37,38,39). The number of nitrogens with zero attached hydrogens (tertiary/aromatic N) is 1. The van der Waals surface area contributed by atoms with E-state index in [2.05, 4.69) is 15.6 Å². The summed E-state index contributed by atoms with van der Waals surface area (Å²) in [5.74, 6) is 1.89. The Hall–Kier alpha value is -3.06. The summed E-state index contributed by atoms with van der Waals surface area (Å²) >= 11 is 6.15. The summed E-state index contributed by atoms with van der Waals surface area (Å²) in [6.45, 7) is 0. The van der Waals surface area contributed by atoms with Crippen LogP contribution in [0.5, 0.6) is 0 Å². The smallest absolute Gasteiger partial charge is 0.333 e. The van der Waals surface area contributed by atoms with Crippen molar-refractivity contribution in [3.63, 3.8) is 0 Å². The molecule has 8 heteroatoms. The van der Waals surface area contributed by atoms with E-state index in [0.717, 1.165) is 37.0 Å². The molecule has 0 radical (unpaired) electrons. The lowest BCUT2D eigenvalue weighted by Gasteiger charge is -2.57. The third-order valence-corrected chi connectivity index (χ3v) is 9.13. The molecule has 2 aromatic carbocycles. The van der Waals surface area contributed by atoms with Crippen LogP contribution in [0.2, 0.25) is 5.02 Å². The summed E-state index contributed by atoms with van der Waals surface area (Å²) in [4.78, 5) is 18.5. The highest BCUT2D eigenvalue weighted by Crippen LogP contribution is 2.55. The molecule has 4 nitrogen and oxygen atoms in total. The van der Waals surface area contributed by atoms with Gasteiger partial charge in [-0.15, -0.1) is 0 Å². The minimum atomic E-state index is -4.54. The number of benzene rings is 2. The topological polar surface area (TPSA) is 54.0 Å². The number of rotatable bonds is 6. The maximum Gasteiger partial charge on any atom is 0.416 e. The van der Waals surface area contributed by atoms with Gasteiger partial charge in [-0.3, -0.25) is 4.98 Å². The van der Waals surface area contributed by atoms with Gasteiger partial charge in [-0.1, -0.05) is 54.1 Å². The van der Waals surface area contributed by atoms with Crippen LogP contribution in [0.4, 0.5) is 18.0 Å². The first-order valence-electron chi connectivity index (χ1n) is 13.6. The molecule has 1 atom stereocenters. The molecule has 0 aliphatic heterocycles. The molecule has 4 aliphatic rings. The predicted molar refractivity (Wildman–Crippen MR) is 144 cm³/mol. The molecule has 1 aromatic heterocycles. The Morgan fingerprint density at radius 1 is 0.897 bits per heavy atom. The van der Waals surface area contributed by atoms with Crippen molar-refractivity contribution in [1.29, 1.82) is 0 Å². The SMILES string of the molecule is O=C(NC12CC3CC(CC(C3)C1)C2)NC(Cc1ccccc1)(c1cccc(C(F)(F)F)c1)c1ccc(Cl)cn1. The maximum absolute atomic E-state index is 13.9. The van der Waals surface area contributed by atoms with Gasteiger partial charge < -0.3 is 10.6 Å². The van der Waals surface area contributed by atoms with E-state index in [-0.39, 0.29) is 18.0 Å². The van der Waals surface area contributed by atoms with Crippen LogP contribution in [0.3, 0.4) is 0 Å². The van der Waals surface area contributed by atoms with Crippen LogP contribution in [0.15, 0.2) is 72.9 Å². The van der Waals surface area contributed by atoms with Crippen LogP contribution < -0.4 is 10.6 Å². The van der Waals surface area contributed by atoms with Gasteiger partial charge in [-0.05, 0) is 91.7 Å². The second kappa shape index (κ2) is 9.84. The first-order valence-corrected chi connectivity index (χ1v) is 13.9. The summed E-state index contributed by atoms with van der Waals surface area (Å²) in [7, 11) is 0. The van der Waals surface area contributed by atoms with Crippen molar-refractivity contribution in [1.82, 2.24) is 15.6 Å². The number of pyridine rings is 1. The van der Waals surface area contributed by atoms with Gasteiger partial charge >= 0.3 is 12.2 Å². The van der Waals surface area contributed by atoms with E-state index < -0.39 is 17.3 Å². The average molecular weight is 554 g/mol. The average Bonchev–Trinajstić information content (AvgIpc) is 2.88. The Kier molecular flexibility index (Phi) is 6.61. The highest BCUT2D eigenvalue weighted by Gasteiger charge is 2.52. The monoisotopic (exact) mass is 553 g/mol. The van der Waals surface area contributed by atoms with E-state index in [1.807, 2.05) is 30.3 Å². The number of urea groups is 1. The molecule has 4 saturated carbocycles. The number of hydrogen-bond acceptors (Lipinski definition) is 2. The van der Waals surface area contributed by atoms with Gasteiger partial charge in [0.25, 0.3) is 0 Å². The lowest BCUT2D eigenvalue weighted by molar-refractivity contribution is -0.137. The Morgan fingerprint density at radius 2 is 1.54 bits per heavy atom. The fraction of sp³-hybridized carbons (Fsp3) is 0.419. The Bertz CT molecular complexity index is 1310. The number of carbonyl (C=O) groups is 1. The third kappa shape index (κ3) is 5.25. The van der Waals surface area contributed by atoms with Crippen LogP contribution in [-0.2, 0) is 18.1 Å². The van der Waals surface area contributed by atoms with E-state index in [9.17, 15) is 18.0 Å². The minimum Gasteiger partial charge on any atom is -0.333 e. The summed E-state index contributed by atoms with van der Waals surface area (Å²) < 4.78 is 41.6. The highest BCUT2D eigenvalue weighted by atomic mass is 35.5. The number of amides is 2. The van der Waals surface area contributed by atoms with Crippen LogP contribution in [0, 0.1) is 17.8 Å². The lowest BCUT2D eigenvalue weighted by atomic mass is 9.53. The van der Waals surface area contributed by atoms with Gasteiger partial charge in [0.2, 0.25) is 0 Å². The number of hydrogen-bond donors (Lipinski definition) is 2. The van der Waals surface area contributed by atoms with Crippen LogP contribution in [0.25, 0.3) is 0 Å². The molecule has 3 aromatic rings. The first kappa shape index (κ1) is 26.2. The maximum atomic E-state index is 13.9. The molecule has 204 valence electrons. The van der Waals surface area contributed by atoms with Gasteiger partial charge in [-0.2, -0.15) is 13.2 Å². The van der Waals surface area contributed by atoms with Crippen molar-refractivity contribution < 1.29 is 18.0 Å². The first-order chi connectivity index (χ1) is 18.6. The van der Waals surface area contributed by atoms with Crippen molar-refractivity contribution in [2.45, 2.75) is 62.2 Å². The summed E-state index contributed by atoms with van der Waals surface area (Å²) in [6, 6.07) is 17.5. The van der Waals surface area contributed by atoms with E-state index in [0.29, 0.717) is 34.0 Å². The van der Waals surface area contributed by atoms with E-state index >= 15 is 0 Å². The third-order valence-electron chi connectivity index (χ3n) is 8.90. The number of carbonyl (C=O) groups excluding carboxylic acids is 1. The molecule has 2 amide bonds. The molecular weight excluding hydrogens is 523 g/mol.